The standard InChI is InChI=1S/C28H46O2S3/c1-5-6-7-8-9-10-11-12-13-14-15-16-17-18-19-20-21-31-28-23(3)25-24(33-28)22(2)26(32-25)27(29)30-4/h5-21H2,1-4H3. The zero-order valence-corrected chi connectivity index (χ0v) is 24.0. The number of esters is 1. The molecule has 2 nitrogen and oxygen atoms in total. The van der Waals surface area contributed by atoms with E-state index in [1.54, 1.807) is 11.3 Å². The average molecular weight is 511 g/mol. The van der Waals surface area contributed by atoms with Crippen molar-refractivity contribution in [2.75, 3.05) is 12.9 Å². The van der Waals surface area contributed by atoms with Crippen LogP contribution in [-0.4, -0.2) is 18.8 Å². The second kappa shape index (κ2) is 17.0. The van der Waals surface area contributed by atoms with Crippen LogP contribution < -0.4 is 0 Å². The molecular weight excluding hydrogens is 465 g/mol. The van der Waals surface area contributed by atoms with Crippen molar-refractivity contribution in [2.45, 2.75) is 128 Å². The van der Waals surface area contributed by atoms with E-state index in [9.17, 15) is 4.79 Å². The van der Waals surface area contributed by atoms with Crippen molar-refractivity contribution in [1.82, 2.24) is 0 Å². The minimum atomic E-state index is -0.206. The maximum absolute atomic E-state index is 11.9. The van der Waals surface area contributed by atoms with E-state index in [2.05, 4.69) is 13.8 Å². The molecule has 0 unspecified atom stereocenters. The molecule has 188 valence electrons. The van der Waals surface area contributed by atoms with Gasteiger partial charge in [0.15, 0.2) is 0 Å². The first kappa shape index (κ1) is 28.7. The van der Waals surface area contributed by atoms with Gasteiger partial charge in [-0.05, 0) is 37.1 Å². The Labute approximate surface area is 215 Å². The van der Waals surface area contributed by atoms with Gasteiger partial charge in [-0.15, -0.1) is 34.4 Å². The molecular formula is C28H46O2S3. The van der Waals surface area contributed by atoms with Crippen molar-refractivity contribution in [3.05, 3.63) is 16.0 Å². The van der Waals surface area contributed by atoms with E-state index < -0.39 is 0 Å². The maximum Gasteiger partial charge on any atom is 0.348 e. The van der Waals surface area contributed by atoms with Gasteiger partial charge in [0.25, 0.3) is 0 Å². The maximum atomic E-state index is 11.9. The molecule has 5 heteroatoms. The molecule has 0 aliphatic heterocycles. The lowest BCUT2D eigenvalue weighted by atomic mass is 10.0. The highest BCUT2D eigenvalue weighted by Gasteiger charge is 2.20. The average Bonchev–Trinajstić information content (AvgIpc) is 3.31. The van der Waals surface area contributed by atoms with Gasteiger partial charge in [-0.25, -0.2) is 4.79 Å². The van der Waals surface area contributed by atoms with E-state index in [1.165, 1.54) is 135 Å². The summed E-state index contributed by atoms with van der Waals surface area (Å²) in [7, 11) is 1.46. The van der Waals surface area contributed by atoms with E-state index in [1.807, 2.05) is 30.0 Å². The molecule has 0 bridgehead atoms. The van der Waals surface area contributed by atoms with Gasteiger partial charge in [-0.1, -0.05) is 103 Å². The van der Waals surface area contributed by atoms with Gasteiger partial charge in [0.2, 0.25) is 0 Å². The summed E-state index contributed by atoms with van der Waals surface area (Å²) in [5.74, 6) is 0.998. The molecule has 0 fully saturated rings. The SMILES string of the molecule is CCCCCCCCCCCCCCCCCCSc1sc2c(C)c(C(=O)OC)sc2c1C. The molecule has 0 atom stereocenters. The lowest BCUT2D eigenvalue weighted by Gasteiger charge is -2.04. The highest BCUT2D eigenvalue weighted by atomic mass is 32.2. The second-order valence-electron chi connectivity index (χ2n) is 9.37. The molecule has 0 aliphatic carbocycles. The Balaban J connectivity index is 1.46. The summed E-state index contributed by atoms with van der Waals surface area (Å²) < 4.78 is 8.89. The smallest absolute Gasteiger partial charge is 0.348 e. The Morgan fingerprint density at radius 3 is 1.61 bits per heavy atom. The quantitative estimate of drug-likeness (QED) is 0.107. The van der Waals surface area contributed by atoms with E-state index in [4.69, 9.17) is 4.74 Å². The number of methoxy groups -OCH3 is 1. The molecule has 0 amide bonds. The first-order valence-electron chi connectivity index (χ1n) is 13.3. The molecule has 2 heterocycles. The Morgan fingerprint density at radius 1 is 0.697 bits per heavy atom. The number of rotatable bonds is 19. The molecule has 0 aliphatic rings. The Morgan fingerprint density at radius 2 is 1.15 bits per heavy atom. The van der Waals surface area contributed by atoms with Gasteiger partial charge >= 0.3 is 5.97 Å². The van der Waals surface area contributed by atoms with Crippen molar-refractivity contribution >= 4 is 49.8 Å². The number of unbranched alkanes of at least 4 members (excludes halogenated alkanes) is 15. The first-order valence-corrected chi connectivity index (χ1v) is 16.0. The van der Waals surface area contributed by atoms with E-state index in [0.29, 0.717) is 0 Å². The molecule has 0 N–H and O–H groups in total. The third-order valence-electron chi connectivity index (χ3n) is 6.53. The summed E-state index contributed by atoms with van der Waals surface area (Å²) in [4.78, 5) is 12.7. The molecule has 0 saturated heterocycles. The number of carbonyl (C=O) groups is 1. The van der Waals surface area contributed by atoms with Gasteiger partial charge in [0.05, 0.1) is 20.7 Å². The Hall–Kier alpha value is -0.520. The van der Waals surface area contributed by atoms with Crippen LogP contribution in [0.2, 0.25) is 0 Å². The molecule has 0 saturated carbocycles. The van der Waals surface area contributed by atoms with Crippen LogP contribution in [0.15, 0.2) is 4.21 Å². The van der Waals surface area contributed by atoms with Crippen molar-refractivity contribution in [2.24, 2.45) is 0 Å². The van der Waals surface area contributed by atoms with Crippen LogP contribution in [0.3, 0.4) is 0 Å². The number of thiophene rings is 2. The fourth-order valence-electron chi connectivity index (χ4n) is 4.37. The van der Waals surface area contributed by atoms with Gasteiger partial charge in [-0.2, -0.15) is 0 Å². The van der Waals surface area contributed by atoms with Crippen molar-refractivity contribution in [3.63, 3.8) is 0 Å². The second-order valence-corrected chi connectivity index (χ2v) is 12.8. The molecule has 2 aromatic heterocycles. The van der Waals surface area contributed by atoms with E-state index in [0.717, 1.165) is 10.4 Å². The number of hydrogen-bond donors (Lipinski definition) is 0. The van der Waals surface area contributed by atoms with Crippen LogP contribution in [0.4, 0.5) is 0 Å². The normalized spacial score (nSPS) is 11.5. The van der Waals surface area contributed by atoms with Gasteiger partial charge in [-0.3, -0.25) is 0 Å². The predicted octanol–water partition coefficient (Wildman–Crippen LogP) is 10.7. The fourth-order valence-corrected chi connectivity index (χ4v) is 8.47. The lowest BCUT2D eigenvalue weighted by Crippen LogP contribution is -1.99. The highest BCUT2D eigenvalue weighted by Crippen LogP contribution is 2.44. The Kier molecular flexibility index (Phi) is 14.8. The van der Waals surface area contributed by atoms with Crippen LogP contribution in [-0.2, 0) is 4.74 Å². The van der Waals surface area contributed by atoms with Crippen LogP contribution in [0.5, 0.6) is 0 Å². The van der Waals surface area contributed by atoms with Crippen LogP contribution >= 0.6 is 34.4 Å². The van der Waals surface area contributed by atoms with Crippen LogP contribution in [0, 0.1) is 13.8 Å². The van der Waals surface area contributed by atoms with E-state index in [-0.39, 0.29) is 5.97 Å². The number of carbonyl (C=O) groups excluding carboxylic acids is 1. The van der Waals surface area contributed by atoms with Crippen molar-refractivity contribution < 1.29 is 9.53 Å². The third kappa shape index (κ3) is 9.93. The lowest BCUT2D eigenvalue weighted by molar-refractivity contribution is 0.0605. The van der Waals surface area contributed by atoms with Gasteiger partial charge < -0.3 is 4.74 Å². The number of thioether (sulfide) groups is 1. The molecule has 0 aromatic carbocycles. The highest BCUT2D eigenvalue weighted by molar-refractivity contribution is 8.01. The number of hydrogen-bond acceptors (Lipinski definition) is 5. The summed E-state index contributed by atoms with van der Waals surface area (Å²) in [6, 6.07) is 0. The Bertz CT molecular complexity index is 806. The first-order chi connectivity index (χ1) is 16.1. The zero-order chi connectivity index (χ0) is 23.9. The van der Waals surface area contributed by atoms with Crippen molar-refractivity contribution in [1.29, 1.82) is 0 Å². The molecule has 0 radical (unpaired) electrons. The summed E-state index contributed by atoms with van der Waals surface area (Å²) in [6.45, 7) is 6.54. The molecule has 33 heavy (non-hydrogen) atoms. The number of fused-ring (bicyclic) bond motifs is 1. The largest absolute Gasteiger partial charge is 0.465 e. The zero-order valence-electron chi connectivity index (χ0n) is 21.6. The van der Waals surface area contributed by atoms with Crippen molar-refractivity contribution in [3.8, 4) is 0 Å². The summed E-state index contributed by atoms with van der Waals surface area (Å²) in [5, 5.41) is 0. The van der Waals surface area contributed by atoms with Crippen LogP contribution in [0.1, 0.15) is 130 Å². The minimum Gasteiger partial charge on any atom is -0.465 e. The van der Waals surface area contributed by atoms with Gasteiger partial charge in [0.1, 0.15) is 4.88 Å². The molecule has 2 aromatic rings. The monoisotopic (exact) mass is 510 g/mol. The summed E-state index contributed by atoms with van der Waals surface area (Å²) in [6.07, 6.45) is 22.7. The van der Waals surface area contributed by atoms with E-state index >= 15 is 0 Å². The molecule has 2 rings (SSSR count). The predicted molar refractivity (Wildman–Crippen MR) is 151 cm³/mol. The number of aryl methyl sites for hydroxylation is 2. The van der Waals surface area contributed by atoms with Gasteiger partial charge in [0, 0.05) is 0 Å². The fraction of sp³-hybridized carbons (Fsp3) is 0.750. The minimum absolute atomic E-state index is 0.206. The topological polar surface area (TPSA) is 26.3 Å². The third-order valence-corrected chi connectivity index (χ3v) is 10.9. The summed E-state index contributed by atoms with van der Waals surface area (Å²) in [5.41, 5.74) is 2.43. The number of ether oxygens (including phenoxy) is 1. The van der Waals surface area contributed by atoms with Crippen LogP contribution in [0.25, 0.3) is 9.40 Å². The molecule has 0 spiro atoms. The summed E-state index contributed by atoms with van der Waals surface area (Å²) >= 11 is 5.45.